The Labute approximate surface area is 310 Å². The lowest BCUT2D eigenvalue weighted by Gasteiger charge is -2.64. The highest BCUT2D eigenvalue weighted by atomic mass is 19.1. The molecule has 2 N–H and O–H groups in total. The zero-order valence-corrected chi connectivity index (χ0v) is 32.9. The molecule has 0 radical (unpaired) electrons. The van der Waals surface area contributed by atoms with Crippen molar-refractivity contribution in [3.05, 3.63) is 41.2 Å². The van der Waals surface area contributed by atoms with E-state index >= 15 is 0 Å². The van der Waals surface area contributed by atoms with Crippen molar-refractivity contribution in [2.45, 2.75) is 141 Å². The smallest absolute Gasteiger partial charge is 0.192 e. The highest BCUT2D eigenvalue weighted by Gasteiger charge is 2.68. The number of rotatable bonds is 14. The average molecular weight is 733 g/mol. The van der Waals surface area contributed by atoms with Gasteiger partial charge in [0.2, 0.25) is 0 Å². The van der Waals surface area contributed by atoms with Crippen molar-refractivity contribution < 1.29 is 47.8 Å². The lowest BCUT2D eigenvalue weighted by atomic mass is 9.43. The molecule has 52 heavy (non-hydrogen) atoms. The van der Waals surface area contributed by atoms with Gasteiger partial charge in [0.25, 0.3) is 0 Å². The van der Waals surface area contributed by atoms with Gasteiger partial charge in [-0.2, -0.15) is 0 Å². The van der Waals surface area contributed by atoms with Crippen molar-refractivity contribution in [1.82, 2.24) is 0 Å². The Balaban J connectivity index is 1.23. The molecule has 9 nitrogen and oxygen atoms in total. The monoisotopic (exact) mass is 732 g/mol. The Bertz CT molecular complexity index is 1420. The number of benzene rings is 1. The summed E-state index contributed by atoms with van der Waals surface area (Å²) >= 11 is 0. The van der Waals surface area contributed by atoms with Gasteiger partial charge < -0.3 is 43.4 Å². The van der Waals surface area contributed by atoms with Crippen molar-refractivity contribution in [2.75, 3.05) is 46.9 Å². The number of aryl methyl sites for hydroxylation is 1. The zero-order chi connectivity index (χ0) is 37.5. The molecule has 4 fully saturated rings. The number of hydrogen-bond acceptors (Lipinski definition) is 9. The molecule has 0 bridgehead atoms. The maximum Gasteiger partial charge on any atom is 0.192 e. The number of aliphatic hydroxyl groups is 2. The molecule has 1 aromatic rings. The van der Waals surface area contributed by atoms with Gasteiger partial charge in [0.15, 0.2) is 11.9 Å². The summed E-state index contributed by atoms with van der Waals surface area (Å²) in [6.45, 7) is 15.9. The second-order valence-corrected chi connectivity index (χ2v) is 16.8. The summed E-state index contributed by atoms with van der Waals surface area (Å²) in [5.41, 5.74) is -0.677. The van der Waals surface area contributed by atoms with Crippen LogP contribution in [0.4, 0.5) is 4.39 Å². The van der Waals surface area contributed by atoms with Crippen LogP contribution < -0.4 is 0 Å². The highest BCUT2D eigenvalue weighted by Crippen LogP contribution is 2.70. The molecule has 6 rings (SSSR count). The molecule has 2 unspecified atom stereocenters. The average Bonchev–Trinajstić information content (AvgIpc) is 3.43. The van der Waals surface area contributed by atoms with Crippen molar-refractivity contribution in [1.29, 1.82) is 0 Å². The minimum Gasteiger partial charge on any atom is -0.382 e. The van der Waals surface area contributed by atoms with Gasteiger partial charge >= 0.3 is 0 Å². The van der Waals surface area contributed by atoms with Gasteiger partial charge in [-0.1, -0.05) is 26.0 Å². The molecule has 12 atom stereocenters. The van der Waals surface area contributed by atoms with Crippen LogP contribution in [0.2, 0.25) is 0 Å². The fourth-order valence-corrected chi connectivity index (χ4v) is 11.5. The fraction of sp³-hybridized carbons (Fsp3) is 0.810. The summed E-state index contributed by atoms with van der Waals surface area (Å²) < 4.78 is 57.9. The molecule has 0 amide bonds. The van der Waals surface area contributed by atoms with E-state index in [1.807, 2.05) is 26.8 Å². The lowest BCUT2D eigenvalue weighted by Crippen LogP contribution is -2.75. The van der Waals surface area contributed by atoms with Gasteiger partial charge in [-0.05, 0) is 138 Å². The van der Waals surface area contributed by atoms with Crippen LogP contribution in [0.25, 0.3) is 5.57 Å². The minimum absolute atomic E-state index is 0.0512. The number of fused-ring (bicyclic) bond motifs is 5. The molecule has 0 spiro atoms. The highest BCUT2D eigenvalue weighted by molar-refractivity contribution is 5.76. The molecule has 1 heterocycles. The van der Waals surface area contributed by atoms with Gasteiger partial charge in [0, 0.05) is 32.3 Å². The van der Waals surface area contributed by atoms with Crippen molar-refractivity contribution in [3.63, 3.8) is 0 Å². The molecular weight excluding hydrogens is 667 g/mol. The summed E-state index contributed by atoms with van der Waals surface area (Å²) in [5, 5.41) is 24.0. The summed E-state index contributed by atoms with van der Waals surface area (Å²) in [5.74, 6) is 1.00. The summed E-state index contributed by atoms with van der Waals surface area (Å²) in [4.78, 5) is 0. The van der Waals surface area contributed by atoms with Crippen LogP contribution in [0.3, 0.4) is 0 Å². The first kappa shape index (κ1) is 40.2. The standard InChI is InChI=1S/C42H65FO9/c1-9-47-24-40(44)28(5)51-37(41(45,25-48-10-2)36(40)46-8)52-31-16-19-38(6)29(22-31)13-15-35-34(38)17-20-39(7)33(32-23-30(43)14-12-27(32)4)18-21-42(35,39)50-26-49-11-3/h12,14,18,23,28-29,31,34-37,44-45H,9-11,13,15-17,19-22,24-26H2,1-8H3/t28-,29?,31?,34-,35-,36+,37+,38+,39-,40-,41-,42-/m1/s1. The molecule has 10 heteroatoms. The Morgan fingerprint density at radius 1 is 0.904 bits per heavy atom. The Morgan fingerprint density at radius 2 is 1.62 bits per heavy atom. The molecule has 294 valence electrons. The first-order chi connectivity index (χ1) is 24.8. The van der Waals surface area contributed by atoms with Crippen LogP contribution in [0.5, 0.6) is 0 Å². The zero-order valence-electron chi connectivity index (χ0n) is 32.9. The van der Waals surface area contributed by atoms with Crippen LogP contribution in [-0.2, 0) is 33.2 Å². The van der Waals surface area contributed by atoms with Crippen LogP contribution >= 0.6 is 0 Å². The maximum absolute atomic E-state index is 14.7. The molecule has 4 aliphatic carbocycles. The van der Waals surface area contributed by atoms with Crippen LogP contribution in [0.1, 0.15) is 104 Å². The number of ether oxygens (including phenoxy) is 7. The predicted molar refractivity (Wildman–Crippen MR) is 196 cm³/mol. The molecule has 0 aromatic heterocycles. The Hall–Kier alpha value is -1.47. The van der Waals surface area contributed by atoms with E-state index in [4.69, 9.17) is 33.2 Å². The van der Waals surface area contributed by atoms with E-state index in [0.29, 0.717) is 37.6 Å². The van der Waals surface area contributed by atoms with Crippen LogP contribution in [0, 0.1) is 41.3 Å². The molecule has 1 aliphatic heterocycles. The summed E-state index contributed by atoms with van der Waals surface area (Å²) in [6.07, 6.45) is 6.96. The van der Waals surface area contributed by atoms with Crippen molar-refractivity contribution in [2.24, 2.45) is 28.6 Å². The van der Waals surface area contributed by atoms with Crippen molar-refractivity contribution >= 4 is 5.57 Å². The SMILES string of the molecule is CCOCO[C@@]12CC=C(c3cc(F)ccc3C)[C@@]1(C)CC[C@@H]1[C@H]2CCC2CC(O[C@@H]3O[C@H](C)[C@](O)(COCC)[C@H](OC)[C@]3(O)COCC)CC[C@@]21C. The van der Waals surface area contributed by atoms with Gasteiger partial charge in [-0.25, -0.2) is 4.39 Å². The number of hydrogen-bond donors (Lipinski definition) is 2. The molecular formula is C42H65FO9. The summed E-state index contributed by atoms with van der Waals surface area (Å²) in [6, 6.07) is 5.14. The second-order valence-electron chi connectivity index (χ2n) is 16.8. The van der Waals surface area contributed by atoms with E-state index in [-0.39, 0.29) is 42.8 Å². The number of methoxy groups -OCH3 is 1. The number of halogens is 1. The molecule has 5 aliphatic rings. The van der Waals surface area contributed by atoms with Gasteiger partial charge in [-0.3, -0.25) is 0 Å². The van der Waals surface area contributed by atoms with E-state index in [1.54, 1.807) is 19.1 Å². The van der Waals surface area contributed by atoms with Crippen LogP contribution in [-0.4, -0.2) is 98.6 Å². The first-order valence-corrected chi connectivity index (χ1v) is 19.9. The molecule has 3 saturated carbocycles. The van der Waals surface area contributed by atoms with Gasteiger partial charge in [-0.15, -0.1) is 0 Å². The van der Waals surface area contributed by atoms with Gasteiger partial charge in [0.05, 0.1) is 31.0 Å². The molecule has 1 aromatic carbocycles. The van der Waals surface area contributed by atoms with E-state index in [9.17, 15) is 14.6 Å². The van der Waals surface area contributed by atoms with E-state index < -0.39 is 35.3 Å². The second kappa shape index (κ2) is 15.6. The van der Waals surface area contributed by atoms with Crippen molar-refractivity contribution in [3.8, 4) is 0 Å². The van der Waals surface area contributed by atoms with E-state index in [2.05, 4.69) is 26.8 Å². The van der Waals surface area contributed by atoms with Crippen LogP contribution in [0.15, 0.2) is 24.3 Å². The lowest BCUT2D eigenvalue weighted by molar-refractivity contribution is -0.386. The predicted octanol–water partition coefficient (Wildman–Crippen LogP) is 6.98. The fourth-order valence-electron chi connectivity index (χ4n) is 11.5. The van der Waals surface area contributed by atoms with E-state index in [1.165, 1.54) is 12.7 Å². The topological polar surface area (TPSA) is 105 Å². The summed E-state index contributed by atoms with van der Waals surface area (Å²) in [7, 11) is 1.49. The van der Waals surface area contributed by atoms with Gasteiger partial charge in [0.1, 0.15) is 24.3 Å². The third-order valence-electron chi connectivity index (χ3n) is 14.4. The maximum atomic E-state index is 14.7. The Kier molecular flexibility index (Phi) is 12.0. The third-order valence-corrected chi connectivity index (χ3v) is 14.4. The quantitative estimate of drug-likeness (QED) is 0.119. The van der Waals surface area contributed by atoms with E-state index in [0.717, 1.165) is 62.5 Å². The normalized spacial score (nSPS) is 43.1. The minimum atomic E-state index is -1.76. The first-order valence-electron chi connectivity index (χ1n) is 19.9. The third kappa shape index (κ3) is 6.53. The Morgan fingerprint density at radius 3 is 2.31 bits per heavy atom. The largest absolute Gasteiger partial charge is 0.382 e. The molecule has 1 saturated heterocycles.